The minimum absolute atomic E-state index is 0.0251. The molecular formula is C20H16Cl2F3NO4. The SMILES string of the molecule is CCOC(=O)c1ccc(C2=NOC(c3cc(Cl)cc(Cl)c3)(C(F)(F)F)C2)cc1OC. The monoisotopic (exact) mass is 461 g/mol. The van der Waals surface area contributed by atoms with Crippen LogP contribution in [0.5, 0.6) is 5.75 Å². The third-order valence-corrected chi connectivity index (χ3v) is 4.98. The molecule has 2 aromatic carbocycles. The molecule has 0 aliphatic carbocycles. The molecule has 0 bridgehead atoms. The van der Waals surface area contributed by atoms with Gasteiger partial charge in [-0.15, -0.1) is 0 Å². The van der Waals surface area contributed by atoms with Crippen LogP contribution >= 0.6 is 23.2 Å². The summed E-state index contributed by atoms with van der Waals surface area (Å²) >= 11 is 11.8. The summed E-state index contributed by atoms with van der Waals surface area (Å²) in [5, 5.41) is 3.77. The van der Waals surface area contributed by atoms with E-state index in [9.17, 15) is 18.0 Å². The van der Waals surface area contributed by atoms with Crippen molar-refractivity contribution < 1.29 is 32.3 Å². The number of ether oxygens (including phenoxy) is 2. The Morgan fingerprint density at radius 2 is 1.87 bits per heavy atom. The first-order valence-corrected chi connectivity index (χ1v) is 9.50. The van der Waals surface area contributed by atoms with Crippen molar-refractivity contribution in [1.82, 2.24) is 0 Å². The quantitative estimate of drug-likeness (QED) is 0.531. The summed E-state index contributed by atoms with van der Waals surface area (Å²) in [4.78, 5) is 17.0. The fourth-order valence-corrected chi connectivity index (χ4v) is 3.62. The van der Waals surface area contributed by atoms with E-state index in [1.807, 2.05) is 0 Å². The van der Waals surface area contributed by atoms with Gasteiger partial charge in [-0.3, -0.25) is 0 Å². The van der Waals surface area contributed by atoms with Gasteiger partial charge in [-0.1, -0.05) is 34.4 Å². The number of carbonyl (C=O) groups is 1. The van der Waals surface area contributed by atoms with Gasteiger partial charge in [0, 0.05) is 27.6 Å². The predicted octanol–water partition coefficient (Wildman–Crippen LogP) is 5.76. The zero-order valence-corrected chi connectivity index (χ0v) is 17.4. The van der Waals surface area contributed by atoms with E-state index in [1.54, 1.807) is 6.92 Å². The van der Waals surface area contributed by atoms with Crippen LogP contribution in [0.25, 0.3) is 0 Å². The first kappa shape index (κ1) is 22.2. The minimum Gasteiger partial charge on any atom is -0.496 e. The molecule has 0 radical (unpaired) electrons. The van der Waals surface area contributed by atoms with Gasteiger partial charge in [-0.2, -0.15) is 13.2 Å². The Hall–Kier alpha value is -2.45. The molecule has 1 aliphatic rings. The molecule has 0 saturated carbocycles. The molecule has 1 aliphatic heterocycles. The Morgan fingerprint density at radius 1 is 1.20 bits per heavy atom. The molecule has 0 spiro atoms. The fourth-order valence-electron chi connectivity index (χ4n) is 3.09. The van der Waals surface area contributed by atoms with Crippen LogP contribution in [-0.2, 0) is 15.2 Å². The number of hydrogen-bond donors (Lipinski definition) is 0. The van der Waals surface area contributed by atoms with Gasteiger partial charge in [0.25, 0.3) is 5.60 Å². The highest BCUT2D eigenvalue weighted by Crippen LogP contribution is 2.49. The second kappa shape index (κ2) is 8.35. The fraction of sp³-hybridized carbons (Fsp3) is 0.300. The van der Waals surface area contributed by atoms with Crippen molar-refractivity contribution in [2.45, 2.75) is 25.1 Å². The van der Waals surface area contributed by atoms with Crippen LogP contribution < -0.4 is 4.74 Å². The van der Waals surface area contributed by atoms with Crippen molar-refractivity contribution in [2.75, 3.05) is 13.7 Å². The van der Waals surface area contributed by atoms with Gasteiger partial charge < -0.3 is 14.3 Å². The van der Waals surface area contributed by atoms with Gasteiger partial charge >= 0.3 is 12.1 Å². The number of methoxy groups -OCH3 is 1. The Labute approximate surface area is 180 Å². The molecule has 0 saturated heterocycles. The predicted molar refractivity (Wildman–Crippen MR) is 105 cm³/mol. The van der Waals surface area contributed by atoms with E-state index in [0.717, 1.165) is 12.1 Å². The van der Waals surface area contributed by atoms with Gasteiger partial charge in [-0.05, 0) is 37.3 Å². The van der Waals surface area contributed by atoms with Crippen LogP contribution in [0.3, 0.4) is 0 Å². The van der Waals surface area contributed by atoms with E-state index >= 15 is 0 Å². The zero-order valence-electron chi connectivity index (χ0n) is 15.8. The molecule has 30 heavy (non-hydrogen) atoms. The van der Waals surface area contributed by atoms with E-state index in [2.05, 4.69) is 5.16 Å². The number of oxime groups is 1. The highest BCUT2D eigenvalue weighted by atomic mass is 35.5. The third-order valence-electron chi connectivity index (χ3n) is 4.54. The molecule has 3 rings (SSSR count). The van der Waals surface area contributed by atoms with Crippen LogP contribution in [0.1, 0.15) is 34.8 Å². The number of alkyl halides is 3. The Balaban J connectivity index is 1.99. The van der Waals surface area contributed by atoms with Crippen LogP contribution in [0.4, 0.5) is 13.2 Å². The van der Waals surface area contributed by atoms with Gasteiger partial charge in [0.1, 0.15) is 11.3 Å². The Kier molecular flexibility index (Phi) is 6.19. The molecule has 0 N–H and O–H groups in total. The molecule has 1 atom stereocenters. The summed E-state index contributed by atoms with van der Waals surface area (Å²) in [6.07, 6.45) is -5.42. The topological polar surface area (TPSA) is 57.1 Å². The van der Waals surface area contributed by atoms with Crippen LogP contribution in [0.15, 0.2) is 41.6 Å². The lowest BCUT2D eigenvalue weighted by molar-refractivity contribution is -0.275. The summed E-state index contributed by atoms with van der Waals surface area (Å²) in [5.74, 6) is -0.465. The average molecular weight is 462 g/mol. The molecule has 0 amide bonds. The minimum atomic E-state index is -4.80. The van der Waals surface area contributed by atoms with E-state index < -0.39 is 24.2 Å². The Morgan fingerprint density at radius 3 is 2.43 bits per heavy atom. The highest BCUT2D eigenvalue weighted by molar-refractivity contribution is 6.34. The second-order valence-electron chi connectivity index (χ2n) is 6.42. The normalized spacial score (nSPS) is 18.6. The maximum absolute atomic E-state index is 14.1. The molecule has 5 nitrogen and oxygen atoms in total. The molecule has 0 fully saturated rings. The number of nitrogens with zero attached hydrogens (tertiary/aromatic N) is 1. The number of benzene rings is 2. The van der Waals surface area contributed by atoms with E-state index in [1.165, 1.54) is 31.4 Å². The summed E-state index contributed by atoms with van der Waals surface area (Å²) in [6.45, 7) is 1.82. The smallest absolute Gasteiger partial charge is 0.435 e. The maximum atomic E-state index is 14.1. The number of halogens is 5. The van der Waals surface area contributed by atoms with Gasteiger partial charge in [-0.25, -0.2) is 4.79 Å². The lowest BCUT2D eigenvalue weighted by Gasteiger charge is -2.29. The van der Waals surface area contributed by atoms with Crippen molar-refractivity contribution in [1.29, 1.82) is 0 Å². The summed E-state index contributed by atoms with van der Waals surface area (Å²) < 4.78 is 52.4. The number of carbonyl (C=O) groups excluding carboxylic acids is 1. The summed E-state index contributed by atoms with van der Waals surface area (Å²) in [6, 6.07) is 7.87. The molecule has 10 heteroatoms. The molecule has 1 unspecified atom stereocenters. The van der Waals surface area contributed by atoms with Gasteiger partial charge in [0.15, 0.2) is 0 Å². The van der Waals surface area contributed by atoms with Gasteiger partial charge in [0.05, 0.1) is 19.4 Å². The van der Waals surface area contributed by atoms with Crippen molar-refractivity contribution in [3.8, 4) is 5.75 Å². The first-order valence-electron chi connectivity index (χ1n) is 8.75. The van der Waals surface area contributed by atoms with Crippen molar-refractivity contribution in [2.24, 2.45) is 5.16 Å². The number of rotatable bonds is 5. The third kappa shape index (κ3) is 4.06. The summed E-state index contributed by atoms with van der Waals surface area (Å²) in [7, 11) is 1.34. The first-order chi connectivity index (χ1) is 14.1. The van der Waals surface area contributed by atoms with Gasteiger partial charge in [0.2, 0.25) is 0 Å². The molecule has 0 aromatic heterocycles. The standard InChI is InChI=1S/C20H16Cl2F3NO4/c1-3-29-18(27)15-5-4-11(6-17(15)28-2)16-10-19(30-26-16,20(23,24)25)12-7-13(21)9-14(22)8-12/h4-9H,3,10H2,1-2H3. The van der Waals surface area contributed by atoms with Crippen LogP contribution in [0.2, 0.25) is 10.0 Å². The highest BCUT2D eigenvalue weighted by Gasteiger charge is 2.62. The maximum Gasteiger partial charge on any atom is 0.435 e. The molecule has 160 valence electrons. The molecule has 2 aromatic rings. The second-order valence-corrected chi connectivity index (χ2v) is 7.30. The molecule has 1 heterocycles. The van der Waals surface area contributed by atoms with Crippen LogP contribution in [-0.4, -0.2) is 31.6 Å². The van der Waals surface area contributed by atoms with Crippen LogP contribution in [0, 0.1) is 0 Å². The van der Waals surface area contributed by atoms with E-state index in [4.69, 9.17) is 37.5 Å². The Bertz CT molecular complexity index is 990. The largest absolute Gasteiger partial charge is 0.496 e. The van der Waals surface area contributed by atoms with Crippen molar-refractivity contribution in [3.63, 3.8) is 0 Å². The average Bonchev–Trinajstić information content (AvgIpc) is 3.14. The van der Waals surface area contributed by atoms with Crippen molar-refractivity contribution in [3.05, 3.63) is 63.1 Å². The number of hydrogen-bond acceptors (Lipinski definition) is 5. The van der Waals surface area contributed by atoms with E-state index in [0.29, 0.717) is 5.56 Å². The van der Waals surface area contributed by atoms with E-state index in [-0.39, 0.29) is 39.2 Å². The summed E-state index contributed by atoms with van der Waals surface area (Å²) in [5.41, 5.74) is -2.53. The molecular weight excluding hydrogens is 446 g/mol. The van der Waals surface area contributed by atoms with Crippen molar-refractivity contribution >= 4 is 34.9 Å². The number of esters is 1. The zero-order chi connectivity index (χ0) is 22.1. The lowest BCUT2D eigenvalue weighted by atomic mass is 9.86. The lowest BCUT2D eigenvalue weighted by Crippen LogP contribution is -2.42.